The van der Waals surface area contributed by atoms with Gasteiger partial charge in [-0.3, -0.25) is 4.90 Å². The molecule has 0 radical (unpaired) electrons. The number of imidazole rings is 1. The van der Waals surface area contributed by atoms with Gasteiger partial charge in [-0.2, -0.15) is 0 Å². The molecule has 5 rings (SSSR count). The van der Waals surface area contributed by atoms with Gasteiger partial charge in [0.2, 0.25) is 5.88 Å². The Labute approximate surface area is 193 Å². The van der Waals surface area contributed by atoms with Gasteiger partial charge in [-0.1, -0.05) is 6.07 Å². The van der Waals surface area contributed by atoms with E-state index in [2.05, 4.69) is 20.5 Å². The van der Waals surface area contributed by atoms with E-state index in [0.717, 1.165) is 74.6 Å². The quantitative estimate of drug-likeness (QED) is 0.511. The summed E-state index contributed by atoms with van der Waals surface area (Å²) in [5.41, 5.74) is 3.50. The first-order valence-corrected chi connectivity index (χ1v) is 11.6. The number of rotatable bonds is 7. The van der Waals surface area contributed by atoms with Crippen LogP contribution in [0, 0.1) is 0 Å². The van der Waals surface area contributed by atoms with Gasteiger partial charge in [-0.15, -0.1) is 0 Å². The van der Waals surface area contributed by atoms with Crippen LogP contribution in [0.3, 0.4) is 0 Å². The molecule has 0 unspecified atom stereocenters. The first-order valence-electron chi connectivity index (χ1n) is 11.6. The number of likely N-dealkylation sites (tertiary alicyclic amines) is 1. The lowest BCUT2D eigenvalue weighted by molar-refractivity contribution is -0.0592. The second-order valence-electron chi connectivity index (χ2n) is 8.77. The number of hydrogen-bond donors (Lipinski definition) is 0. The van der Waals surface area contributed by atoms with Crippen molar-refractivity contribution < 1.29 is 19.0 Å². The number of nitrogens with zero attached hydrogens (tertiary/aromatic N) is 4. The summed E-state index contributed by atoms with van der Waals surface area (Å²) in [6, 6.07) is 11.6. The molecular formula is C25H30N4O4. The maximum atomic E-state index is 12.1. The SMILES string of the molecule is COC(=O)c1ccc2nc(CN3CCC(c4cccc(OC)n4)CC3)n(C[C@@H]3CCO3)c2c1. The number of ether oxygens (including phenoxy) is 3. The van der Waals surface area contributed by atoms with E-state index in [1.165, 1.54) is 7.11 Å². The molecule has 2 saturated heterocycles. The number of hydrogen-bond acceptors (Lipinski definition) is 7. The van der Waals surface area contributed by atoms with E-state index in [1.807, 2.05) is 24.3 Å². The number of benzene rings is 1. The molecule has 0 amide bonds. The Bertz CT molecular complexity index is 1130. The summed E-state index contributed by atoms with van der Waals surface area (Å²) in [6.07, 6.45) is 3.36. The Balaban J connectivity index is 1.33. The molecule has 174 valence electrons. The van der Waals surface area contributed by atoms with Gasteiger partial charge in [0.1, 0.15) is 5.82 Å². The number of aromatic nitrogens is 3. The molecule has 2 aliphatic rings. The maximum Gasteiger partial charge on any atom is 0.337 e. The molecule has 0 N–H and O–H groups in total. The zero-order valence-corrected chi connectivity index (χ0v) is 19.2. The number of piperidine rings is 1. The third-order valence-corrected chi connectivity index (χ3v) is 6.75. The van der Waals surface area contributed by atoms with E-state index in [1.54, 1.807) is 13.2 Å². The van der Waals surface area contributed by atoms with Crippen molar-refractivity contribution in [2.75, 3.05) is 33.9 Å². The molecule has 1 atom stereocenters. The highest BCUT2D eigenvalue weighted by atomic mass is 16.5. The zero-order valence-electron chi connectivity index (χ0n) is 19.2. The minimum Gasteiger partial charge on any atom is -0.481 e. The van der Waals surface area contributed by atoms with E-state index in [9.17, 15) is 4.79 Å². The van der Waals surface area contributed by atoms with Crippen molar-refractivity contribution in [1.29, 1.82) is 0 Å². The molecular weight excluding hydrogens is 420 g/mol. The van der Waals surface area contributed by atoms with Crippen LogP contribution in [0.2, 0.25) is 0 Å². The second-order valence-corrected chi connectivity index (χ2v) is 8.77. The summed E-state index contributed by atoms with van der Waals surface area (Å²) >= 11 is 0. The van der Waals surface area contributed by atoms with Crippen molar-refractivity contribution in [3.63, 3.8) is 0 Å². The average molecular weight is 451 g/mol. The van der Waals surface area contributed by atoms with Crippen LogP contribution < -0.4 is 4.74 Å². The fourth-order valence-electron chi connectivity index (χ4n) is 4.73. The van der Waals surface area contributed by atoms with Gasteiger partial charge in [-0.25, -0.2) is 14.8 Å². The van der Waals surface area contributed by atoms with Gasteiger partial charge in [-0.05, 0) is 56.6 Å². The van der Waals surface area contributed by atoms with Gasteiger partial charge in [0, 0.05) is 24.3 Å². The van der Waals surface area contributed by atoms with Gasteiger partial charge in [0.15, 0.2) is 0 Å². The molecule has 0 bridgehead atoms. The lowest BCUT2D eigenvalue weighted by Gasteiger charge is -2.32. The normalized spacial score (nSPS) is 19.4. The smallest absolute Gasteiger partial charge is 0.337 e. The number of carbonyl (C=O) groups excluding carboxylic acids is 1. The van der Waals surface area contributed by atoms with Crippen LogP contribution >= 0.6 is 0 Å². The van der Waals surface area contributed by atoms with Gasteiger partial charge >= 0.3 is 5.97 Å². The summed E-state index contributed by atoms with van der Waals surface area (Å²) in [7, 11) is 3.06. The van der Waals surface area contributed by atoms with Gasteiger partial charge in [0.25, 0.3) is 0 Å². The topological polar surface area (TPSA) is 78.7 Å². The van der Waals surface area contributed by atoms with Gasteiger partial charge < -0.3 is 18.8 Å². The van der Waals surface area contributed by atoms with Gasteiger partial charge in [0.05, 0.1) is 50.0 Å². The minimum atomic E-state index is -0.334. The summed E-state index contributed by atoms with van der Waals surface area (Å²) in [4.78, 5) is 24.1. The highest BCUT2D eigenvalue weighted by Crippen LogP contribution is 2.29. The molecule has 2 aliphatic heterocycles. The first kappa shape index (κ1) is 21.9. The lowest BCUT2D eigenvalue weighted by Crippen LogP contribution is -2.35. The number of carbonyl (C=O) groups is 1. The third kappa shape index (κ3) is 4.58. The minimum absolute atomic E-state index is 0.202. The molecule has 8 nitrogen and oxygen atoms in total. The molecule has 33 heavy (non-hydrogen) atoms. The maximum absolute atomic E-state index is 12.1. The highest BCUT2D eigenvalue weighted by Gasteiger charge is 2.26. The summed E-state index contributed by atoms with van der Waals surface area (Å²) in [5, 5.41) is 0. The average Bonchev–Trinajstić information content (AvgIpc) is 3.17. The zero-order chi connectivity index (χ0) is 22.8. The van der Waals surface area contributed by atoms with Crippen molar-refractivity contribution in [2.24, 2.45) is 0 Å². The summed E-state index contributed by atoms with van der Waals surface area (Å²) < 4.78 is 18.1. The van der Waals surface area contributed by atoms with Crippen molar-refractivity contribution >= 4 is 17.0 Å². The van der Waals surface area contributed by atoms with Crippen LogP contribution in [0.25, 0.3) is 11.0 Å². The monoisotopic (exact) mass is 450 g/mol. The molecule has 0 saturated carbocycles. The first-order chi connectivity index (χ1) is 16.1. The standard InChI is InChI=1S/C25H30N4O4/c1-31-24-5-3-4-20(27-24)17-8-11-28(12-9-17)16-23-26-21-7-6-18(25(30)32-2)14-22(21)29(23)15-19-10-13-33-19/h3-7,14,17,19H,8-13,15-16H2,1-2H3/t19-/m0/s1. The largest absolute Gasteiger partial charge is 0.481 e. The Kier molecular flexibility index (Phi) is 6.28. The predicted molar refractivity (Wildman–Crippen MR) is 123 cm³/mol. The van der Waals surface area contributed by atoms with E-state index >= 15 is 0 Å². The molecule has 1 aromatic carbocycles. The third-order valence-electron chi connectivity index (χ3n) is 6.75. The van der Waals surface area contributed by atoms with Crippen molar-refractivity contribution in [2.45, 2.75) is 44.4 Å². The fourth-order valence-corrected chi connectivity index (χ4v) is 4.73. The summed E-state index contributed by atoms with van der Waals surface area (Å²) in [5.74, 6) is 1.80. The molecule has 0 spiro atoms. The number of esters is 1. The van der Waals surface area contributed by atoms with E-state index in [0.29, 0.717) is 17.4 Å². The molecule has 3 aromatic rings. The molecule has 4 heterocycles. The molecule has 8 heteroatoms. The van der Waals surface area contributed by atoms with E-state index in [-0.39, 0.29) is 12.1 Å². The second kappa shape index (κ2) is 9.49. The Morgan fingerprint density at radius 1 is 1.12 bits per heavy atom. The van der Waals surface area contributed by atoms with Crippen molar-refractivity contribution in [1.82, 2.24) is 19.4 Å². The van der Waals surface area contributed by atoms with Crippen LogP contribution in [-0.4, -0.2) is 65.4 Å². The highest BCUT2D eigenvalue weighted by molar-refractivity contribution is 5.93. The number of methoxy groups -OCH3 is 2. The van der Waals surface area contributed by atoms with Crippen molar-refractivity contribution in [3.05, 3.63) is 53.5 Å². The van der Waals surface area contributed by atoms with Crippen LogP contribution in [-0.2, 0) is 22.6 Å². The Morgan fingerprint density at radius 2 is 1.94 bits per heavy atom. The van der Waals surface area contributed by atoms with E-state index < -0.39 is 0 Å². The van der Waals surface area contributed by atoms with Crippen LogP contribution in [0.4, 0.5) is 0 Å². The Morgan fingerprint density at radius 3 is 2.64 bits per heavy atom. The molecule has 2 aromatic heterocycles. The van der Waals surface area contributed by atoms with Crippen LogP contribution in [0.1, 0.15) is 47.1 Å². The number of pyridine rings is 1. The molecule has 0 aliphatic carbocycles. The predicted octanol–water partition coefficient (Wildman–Crippen LogP) is 3.40. The molecule has 2 fully saturated rings. The lowest BCUT2D eigenvalue weighted by atomic mass is 9.93. The van der Waals surface area contributed by atoms with Crippen molar-refractivity contribution in [3.8, 4) is 5.88 Å². The number of fused-ring (bicyclic) bond motifs is 1. The Hall–Kier alpha value is -2.97. The van der Waals surface area contributed by atoms with E-state index in [4.69, 9.17) is 19.2 Å². The summed E-state index contributed by atoms with van der Waals surface area (Å²) in [6.45, 7) is 4.31. The fraction of sp³-hybridized carbons (Fsp3) is 0.480. The van der Waals surface area contributed by atoms with Crippen LogP contribution in [0.5, 0.6) is 5.88 Å². The van der Waals surface area contributed by atoms with Crippen LogP contribution in [0.15, 0.2) is 36.4 Å².